The summed E-state index contributed by atoms with van der Waals surface area (Å²) in [7, 11) is 1.71. The number of halogens is 2. The van der Waals surface area contributed by atoms with Gasteiger partial charge in [0, 0.05) is 18.3 Å². The summed E-state index contributed by atoms with van der Waals surface area (Å²) >= 11 is 11.9. The maximum absolute atomic E-state index is 12.0. The molecule has 0 saturated carbocycles. The van der Waals surface area contributed by atoms with Crippen LogP contribution in [0.5, 0.6) is 5.75 Å². The number of hydrogen-bond acceptors (Lipinski definition) is 4. The second kappa shape index (κ2) is 7.59. The molecule has 1 aromatic carbocycles. The van der Waals surface area contributed by atoms with Crippen LogP contribution in [-0.4, -0.2) is 15.6 Å². The first-order valence-electron chi connectivity index (χ1n) is 7.40. The van der Waals surface area contributed by atoms with E-state index in [1.54, 1.807) is 55.7 Å². The number of aryl methyl sites for hydroxylation is 1. The molecular formula is C18H14Cl2N2O3. The molecule has 0 N–H and O–H groups in total. The summed E-state index contributed by atoms with van der Waals surface area (Å²) in [6, 6.07) is 10.2. The summed E-state index contributed by atoms with van der Waals surface area (Å²) < 4.78 is 12.7. The topological polar surface area (TPSA) is 57.3 Å². The lowest BCUT2D eigenvalue weighted by molar-refractivity contribution is 0.103. The molecule has 5 nitrogen and oxygen atoms in total. The molecule has 3 aromatic rings. The normalized spacial score (nSPS) is 11.2. The molecule has 0 amide bonds. The molecule has 0 atom stereocenters. The zero-order chi connectivity index (χ0) is 17.8. The van der Waals surface area contributed by atoms with Gasteiger partial charge in [-0.25, -0.2) is 0 Å². The van der Waals surface area contributed by atoms with Crippen LogP contribution in [0.15, 0.2) is 53.1 Å². The molecule has 0 unspecified atom stereocenters. The van der Waals surface area contributed by atoms with E-state index < -0.39 is 0 Å². The number of allylic oxidation sites excluding steroid dienone is 1. The fourth-order valence-corrected chi connectivity index (χ4v) is 2.62. The van der Waals surface area contributed by atoms with Crippen molar-refractivity contribution in [3.05, 3.63) is 75.9 Å². The SMILES string of the molecule is Cn1nccc1C(=O)/C=C\c1ccc(COc2ccc(Cl)cc2Cl)o1. The van der Waals surface area contributed by atoms with Gasteiger partial charge in [0.2, 0.25) is 5.78 Å². The van der Waals surface area contributed by atoms with E-state index >= 15 is 0 Å². The Morgan fingerprint density at radius 3 is 2.84 bits per heavy atom. The Kier molecular flexibility index (Phi) is 5.26. The number of benzene rings is 1. The van der Waals surface area contributed by atoms with Crippen LogP contribution < -0.4 is 4.74 Å². The van der Waals surface area contributed by atoms with Crippen LogP contribution in [0.1, 0.15) is 22.0 Å². The zero-order valence-electron chi connectivity index (χ0n) is 13.3. The maximum Gasteiger partial charge on any atom is 0.203 e. The van der Waals surface area contributed by atoms with Gasteiger partial charge in [0.1, 0.15) is 29.6 Å². The number of aromatic nitrogens is 2. The Hall–Kier alpha value is -2.50. The number of carbonyl (C=O) groups excluding carboxylic acids is 1. The Balaban J connectivity index is 1.61. The van der Waals surface area contributed by atoms with Crippen LogP contribution >= 0.6 is 23.2 Å². The third-order valence-corrected chi connectivity index (χ3v) is 3.95. The minimum Gasteiger partial charge on any atom is -0.484 e. The van der Waals surface area contributed by atoms with Crippen molar-refractivity contribution in [2.45, 2.75) is 6.61 Å². The number of nitrogens with zero attached hydrogens (tertiary/aromatic N) is 2. The van der Waals surface area contributed by atoms with E-state index in [1.807, 2.05) is 0 Å². The van der Waals surface area contributed by atoms with Gasteiger partial charge in [-0.2, -0.15) is 5.10 Å². The molecule has 7 heteroatoms. The molecule has 0 fully saturated rings. The monoisotopic (exact) mass is 376 g/mol. The zero-order valence-corrected chi connectivity index (χ0v) is 14.8. The van der Waals surface area contributed by atoms with Gasteiger partial charge in [-0.3, -0.25) is 9.48 Å². The van der Waals surface area contributed by atoms with Crippen LogP contribution in [0.3, 0.4) is 0 Å². The molecular weight excluding hydrogens is 363 g/mol. The lowest BCUT2D eigenvalue weighted by atomic mass is 10.2. The van der Waals surface area contributed by atoms with Gasteiger partial charge in [0.05, 0.1) is 5.02 Å². The van der Waals surface area contributed by atoms with E-state index in [9.17, 15) is 4.79 Å². The summed E-state index contributed by atoms with van der Waals surface area (Å²) in [6.45, 7) is 0.213. The fourth-order valence-electron chi connectivity index (χ4n) is 2.16. The highest BCUT2D eigenvalue weighted by atomic mass is 35.5. The van der Waals surface area contributed by atoms with Crippen molar-refractivity contribution in [1.82, 2.24) is 9.78 Å². The van der Waals surface area contributed by atoms with Crippen molar-refractivity contribution in [2.24, 2.45) is 7.05 Å². The molecule has 128 valence electrons. The number of rotatable bonds is 6. The first-order chi connectivity index (χ1) is 12.0. The molecule has 2 aromatic heterocycles. The largest absolute Gasteiger partial charge is 0.484 e. The molecule has 0 spiro atoms. The highest BCUT2D eigenvalue weighted by molar-refractivity contribution is 6.35. The quantitative estimate of drug-likeness (QED) is 0.458. The standard InChI is InChI=1S/C18H14Cl2N2O3/c1-22-16(8-9-21-22)17(23)6-5-13-3-4-14(25-13)11-24-18-7-2-12(19)10-15(18)20/h2-10H,11H2,1H3/b6-5-. The lowest BCUT2D eigenvalue weighted by Crippen LogP contribution is -2.03. The molecule has 0 aliphatic rings. The second-order valence-corrected chi connectivity index (χ2v) is 6.05. The Morgan fingerprint density at radius 1 is 1.28 bits per heavy atom. The third-order valence-electron chi connectivity index (χ3n) is 3.42. The summed E-state index contributed by atoms with van der Waals surface area (Å²) in [5, 5.41) is 4.94. The van der Waals surface area contributed by atoms with E-state index in [4.69, 9.17) is 32.4 Å². The smallest absolute Gasteiger partial charge is 0.203 e. The Bertz CT molecular complexity index is 928. The molecule has 25 heavy (non-hydrogen) atoms. The Labute approximate surface area is 154 Å². The van der Waals surface area contributed by atoms with Gasteiger partial charge in [0.15, 0.2) is 0 Å². The van der Waals surface area contributed by atoms with Crippen molar-refractivity contribution in [1.29, 1.82) is 0 Å². The van der Waals surface area contributed by atoms with E-state index in [0.29, 0.717) is 33.0 Å². The predicted octanol–water partition coefficient (Wildman–Crippen LogP) is 4.80. The van der Waals surface area contributed by atoms with Crippen molar-refractivity contribution in [2.75, 3.05) is 0 Å². The average Bonchev–Trinajstić information content (AvgIpc) is 3.21. The van der Waals surface area contributed by atoms with Gasteiger partial charge in [0.25, 0.3) is 0 Å². The van der Waals surface area contributed by atoms with Crippen LogP contribution in [-0.2, 0) is 13.7 Å². The Morgan fingerprint density at radius 2 is 2.12 bits per heavy atom. The van der Waals surface area contributed by atoms with Gasteiger partial charge in [-0.15, -0.1) is 0 Å². The van der Waals surface area contributed by atoms with Crippen molar-refractivity contribution < 1.29 is 13.9 Å². The second-order valence-electron chi connectivity index (χ2n) is 5.21. The summed E-state index contributed by atoms with van der Waals surface area (Å²) in [6.07, 6.45) is 4.62. The third kappa shape index (κ3) is 4.32. The molecule has 0 aliphatic carbocycles. The van der Waals surface area contributed by atoms with E-state index in [1.165, 1.54) is 10.8 Å². The number of carbonyl (C=O) groups is 1. The van der Waals surface area contributed by atoms with E-state index in [-0.39, 0.29) is 12.4 Å². The van der Waals surface area contributed by atoms with E-state index in [0.717, 1.165) is 0 Å². The minimum absolute atomic E-state index is 0.151. The van der Waals surface area contributed by atoms with Crippen LogP contribution in [0.25, 0.3) is 6.08 Å². The first kappa shape index (κ1) is 17.3. The van der Waals surface area contributed by atoms with Crippen molar-refractivity contribution in [3.8, 4) is 5.75 Å². The number of ketones is 1. The summed E-state index contributed by atoms with van der Waals surface area (Å²) in [5.41, 5.74) is 0.503. The van der Waals surface area contributed by atoms with Gasteiger partial charge in [-0.05, 0) is 48.6 Å². The number of furan rings is 1. The molecule has 0 aliphatic heterocycles. The van der Waals surface area contributed by atoms with Crippen LogP contribution in [0.4, 0.5) is 0 Å². The summed E-state index contributed by atoms with van der Waals surface area (Å²) in [5.74, 6) is 1.53. The lowest BCUT2D eigenvalue weighted by Gasteiger charge is -2.06. The van der Waals surface area contributed by atoms with Crippen molar-refractivity contribution in [3.63, 3.8) is 0 Å². The molecule has 3 rings (SSSR count). The van der Waals surface area contributed by atoms with Crippen LogP contribution in [0, 0.1) is 0 Å². The maximum atomic E-state index is 12.0. The molecule has 0 saturated heterocycles. The van der Waals surface area contributed by atoms with E-state index in [2.05, 4.69) is 5.10 Å². The van der Waals surface area contributed by atoms with Crippen molar-refractivity contribution >= 4 is 35.1 Å². The van der Waals surface area contributed by atoms with Gasteiger partial charge >= 0.3 is 0 Å². The number of hydrogen-bond donors (Lipinski definition) is 0. The molecule has 0 bridgehead atoms. The van der Waals surface area contributed by atoms with Gasteiger partial charge < -0.3 is 9.15 Å². The molecule has 0 radical (unpaired) electrons. The molecule has 2 heterocycles. The minimum atomic E-state index is -0.151. The van der Waals surface area contributed by atoms with Gasteiger partial charge in [-0.1, -0.05) is 23.2 Å². The average molecular weight is 377 g/mol. The highest BCUT2D eigenvalue weighted by Crippen LogP contribution is 2.28. The summed E-state index contributed by atoms with van der Waals surface area (Å²) in [4.78, 5) is 12.0. The fraction of sp³-hybridized carbons (Fsp3) is 0.111. The number of ether oxygens (including phenoxy) is 1. The predicted molar refractivity (Wildman–Crippen MR) is 96.1 cm³/mol. The first-order valence-corrected chi connectivity index (χ1v) is 8.15. The highest BCUT2D eigenvalue weighted by Gasteiger charge is 2.08. The van der Waals surface area contributed by atoms with Crippen LogP contribution in [0.2, 0.25) is 10.0 Å².